The molecule has 4 rings (SSSR count). The summed E-state index contributed by atoms with van der Waals surface area (Å²) in [6.45, 7) is 11.7. The lowest BCUT2D eigenvalue weighted by Crippen LogP contribution is -2.59. The Morgan fingerprint density at radius 2 is 1.30 bits per heavy atom. The Morgan fingerprint density at radius 1 is 0.811 bits per heavy atom. The Kier molecular flexibility index (Phi) is 8.51. The lowest BCUT2D eigenvalue weighted by atomic mass is 9.82. The zero-order chi connectivity index (χ0) is 26.5. The highest BCUT2D eigenvalue weighted by molar-refractivity contribution is 5.70. The Hall–Kier alpha value is -2.95. The van der Waals surface area contributed by atoms with Gasteiger partial charge in [-0.3, -0.25) is 9.69 Å². The van der Waals surface area contributed by atoms with Crippen molar-refractivity contribution in [2.45, 2.75) is 90.0 Å². The van der Waals surface area contributed by atoms with Gasteiger partial charge < -0.3 is 4.84 Å². The largest absolute Gasteiger partial charge is 0.367 e. The Morgan fingerprint density at radius 3 is 1.84 bits per heavy atom. The number of hydrogen-bond acceptors (Lipinski definition) is 4. The van der Waals surface area contributed by atoms with E-state index in [2.05, 4.69) is 112 Å². The lowest BCUT2D eigenvalue weighted by molar-refractivity contribution is -0.266. The van der Waals surface area contributed by atoms with E-state index in [9.17, 15) is 4.79 Å². The molecule has 3 aromatic rings. The first kappa shape index (κ1) is 27.1. The van der Waals surface area contributed by atoms with Crippen molar-refractivity contribution >= 4 is 5.97 Å². The second kappa shape index (κ2) is 11.6. The monoisotopic (exact) mass is 498 g/mol. The molecule has 1 saturated heterocycles. The SMILES string of the molecule is C[C@H](c1ccccc1)N(Cc1ccccc1)[C@@H](CC(=O)ON1C(C)(C)CCCC1(C)C)c1ccccc1. The van der Waals surface area contributed by atoms with Crippen molar-refractivity contribution in [1.82, 2.24) is 9.96 Å². The van der Waals surface area contributed by atoms with Gasteiger partial charge >= 0.3 is 5.97 Å². The summed E-state index contributed by atoms with van der Waals surface area (Å²) in [6, 6.07) is 31.4. The van der Waals surface area contributed by atoms with E-state index in [0.717, 1.165) is 31.4 Å². The highest BCUT2D eigenvalue weighted by Crippen LogP contribution is 2.40. The predicted octanol–water partition coefficient (Wildman–Crippen LogP) is 7.88. The van der Waals surface area contributed by atoms with Crippen LogP contribution >= 0.6 is 0 Å². The van der Waals surface area contributed by atoms with Gasteiger partial charge in [0, 0.05) is 18.6 Å². The van der Waals surface area contributed by atoms with Crippen molar-refractivity contribution in [1.29, 1.82) is 0 Å². The molecule has 1 fully saturated rings. The summed E-state index contributed by atoms with van der Waals surface area (Å²) < 4.78 is 0. The summed E-state index contributed by atoms with van der Waals surface area (Å²) in [6.07, 6.45) is 3.44. The molecule has 4 nitrogen and oxygen atoms in total. The van der Waals surface area contributed by atoms with Crippen LogP contribution in [-0.4, -0.2) is 27.0 Å². The summed E-state index contributed by atoms with van der Waals surface area (Å²) in [7, 11) is 0. The van der Waals surface area contributed by atoms with E-state index in [1.54, 1.807) is 0 Å². The molecule has 0 saturated carbocycles. The van der Waals surface area contributed by atoms with Gasteiger partial charge in [0.1, 0.15) is 0 Å². The van der Waals surface area contributed by atoms with Crippen molar-refractivity contribution in [3.8, 4) is 0 Å². The van der Waals surface area contributed by atoms with Crippen molar-refractivity contribution in [2.75, 3.05) is 0 Å². The third kappa shape index (κ3) is 6.68. The number of nitrogens with zero attached hydrogens (tertiary/aromatic N) is 2. The predicted molar refractivity (Wildman–Crippen MR) is 151 cm³/mol. The Balaban J connectivity index is 1.67. The second-order valence-electron chi connectivity index (χ2n) is 11.6. The molecule has 0 radical (unpaired) electrons. The van der Waals surface area contributed by atoms with E-state index < -0.39 is 0 Å². The minimum absolute atomic E-state index is 0.0993. The molecule has 37 heavy (non-hydrogen) atoms. The Labute approximate surface area is 223 Å². The van der Waals surface area contributed by atoms with E-state index in [1.165, 1.54) is 11.1 Å². The molecule has 1 heterocycles. The first-order valence-electron chi connectivity index (χ1n) is 13.6. The third-order valence-electron chi connectivity index (χ3n) is 7.80. The van der Waals surface area contributed by atoms with Gasteiger partial charge in [-0.1, -0.05) is 91.0 Å². The van der Waals surface area contributed by atoms with E-state index in [1.807, 2.05) is 23.3 Å². The zero-order valence-electron chi connectivity index (χ0n) is 23.1. The van der Waals surface area contributed by atoms with Gasteiger partial charge in [0.15, 0.2) is 0 Å². The highest BCUT2D eigenvalue weighted by atomic mass is 16.7. The molecule has 0 bridgehead atoms. The third-order valence-corrected chi connectivity index (χ3v) is 7.80. The summed E-state index contributed by atoms with van der Waals surface area (Å²) in [5.74, 6) is -0.185. The molecule has 0 unspecified atom stereocenters. The van der Waals surface area contributed by atoms with Crippen molar-refractivity contribution in [2.24, 2.45) is 0 Å². The zero-order valence-corrected chi connectivity index (χ0v) is 23.1. The maximum atomic E-state index is 13.7. The molecule has 2 atom stereocenters. The van der Waals surface area contributed by atoms with Gasteiger partial charge in [-0.05, 0) is 70.6 Å². The minimum atomic E-state index is -0.194. The van der Waals surface area contributed by atoms with Gasteiger partial charge in [0.2, 0.25) is 0 Å². The molecular weight excluding hydrogens is 456 g/mol. The number of hydroxylamine groups is 2. The van der Waals surface area contributed by atoms with Crippen molar-refractivity contribution in [3.63, 3.8) is 0 Å². The molecular formula is C33H42N2O2. The summed E-state index contributed by atoms with van der Waals surface area (Å²) in [4.78, 5) is 22.4. The van der Waals surface area contributed by atoms with Crippen LogP contribution < -0.4 is 0 Å². The van der Waals surface area contributed by atoms with E-state index >= 15 is 0 Å². The number of hydrogen-bond donors (Lipinski definition) is 0. The summed E-state index contributed by atoms with van der Waals surface area (Å²) >= 11 is 0. The first-order chi connectivity index (χ1) is 17.7. The number of piperidine rings is 1. The van der Waals surface area contributed by atoms with Crippen LogP contribution in [0.1, 0.15) is 89.1 Å². The first-order valence-corrected chi connectivity index (χ1v) is 13.6. The maximum absolute atomic E-state index is 13.7. The minimum Gasteiger partial charge on any atom is -0.367 e. The fraction of sp³-hybridized carbons (Fsp3) is 0.424. The fourth-order valence-corrected chi connectivity index (χ4v) is 5.86. The number of carbonyl (C=O) groups excluding carboxylic acids is 1. The van der Waals surface area contributed by atoms with E-state index in [-0.39, 0.29) is 35.6 Å². The summed E-state index contributed by atoms with van der Waals surface area (Å²) in [5.41, 5.74) is 3.18. The molecule has 196 valence electrons. The van der Waals surface area contributed by atoms with Crippen LogP contribution in [0, 0.1) is 0 Å². The van der Waals surface area contributed by atoms with Crippen LogP contribution in [0.25, 0.3) is 0 Å². The average Bonchev–Trinajstić information content (AvgIpc) is 2.89. The van der Waals surface area contributed by atoms with Crippen LogP contribution in [-0.2, 0) is 16.2 Å². The number of carbonyl (C=O) groups is 1. The molecule has 0 amide bonds. The molecule has 0 N–H and O–H groups in total. The van der Waals surface area contributed by atoms with Crippen LogP contribution in [0.2, 0.25) is 0 Å². The van der Waals surface area contributed by atoms with Crippen LogP contribution in [0.3, 0.4) is 0 Å². The fourth-order valence-electron chi connectivity index (χ4n) is 5.86. The van der Waals surface area contributed by atoms with E-state index in [4.69, 9.17) is 4.84 Å². The van der Waals surface area contributed by atoms with Gasteiger partial charge in [0.25, 0.3) is 0 Å². The molecule has 1 aliphatic heterocycles. The van der Waals surface area contributed by atoms with Crippen molar-refractivity contribution in [3.05, 3.63) is 108 Å². The van der Waals surface area contributed by atoms with Crippen LogP contribution in [0.15, 0.2) is 91.0 Å². The Bertz CT molecular complexity index is 1110. The van der Waals surface area contributed by atoms with E-state index in [0.29, 0.717) is 0 Å². The van der Waals surface area contributed by atoms with Gasteiger partial charge in [-0.15, -0.1) is 5.06 Å². The van der Waals surface area contributed by atoms with Gasteiger partial charge in [-0.25, -0.2) is 0 Å². The molecule has 3 aromatic carbocycles. The molecule has 1 aliphatic rings. The van der Waals surface area contributed by atoms with Crippen LogP contribution in [0.5, 0.6) is 0 Å². The number of rotatable bonds is 9. The maximum Gasteiger partial charge on any atom is 0.327 e. The van der Waals surface area contributed by atoms with Gasteiger partial charge in [0.05, 0.1) is 17.5 Å². The van der Waals surface area contributed by atoms with Crippen LogP contribution in [0.4, 0.5) is 0 Å². The smallest absolute Gasteiger partial charge is 0.327 e. The molecule has 0 spiro atoms. The lowest BCUT2D eigenvalue weighted by Gasteiger charge is -2.50. The quantitative estimate of drug-likeness (QED) is 0.300. The average molecular weight is 499 g/mol. The highest BCUT2D eigenvalue weighted by Gasteiger charge is 2.44. The molecule has 0 aliphatic carbocycles. The summed E-state index contributed by atoms with van der Waals surface area (Å²) in [5, 5.41) is 1.97. The molecule has 4 heteroatoms. The topological polar surface area (TPSA) is 32.8 Å². The van der Waals surface area contributed by atoms with Gasteiger partial charge in [-0.2, -0.15) is 0 Å². The second-order valence-corrected chi connectivity index (χ2v) is 11.6. The standard InChI is InChI=1S/C33H42N2O2/c1-26(28-18-11-7-12-19-28)34(25-27-16-9-6-10-17-27)30(29-20-13-8-14-21-29)24-31(36)37-35-32(2,3)22-15-23-33(35,4)5/h6-14,16-21,26,30H,15,22-25H2,1-5H3/t26-,30+/m1/s1. The normalized spacial score (nSPS) is 18.8. The van der Waals surface area contributed by atoms with Crippen molar-refractivity contribution < 1.29 is 9.63 Å². The number of benzene rings is 3. The molecule has 0 aromatic heterocycles.